The predicted octanol–water partition coefficient (Wildman–Crippen LogP) is 0.788. The van der Waals surface area contributed by atoms with E-state index in [2.05, 4.69) is 9.69 Å². The van der Waals surface area contributed by atoms with Crippen molar-refractivity contribution in [3.8, 4) is 0 Å². The highest BCUT2D eigenvalue weighted by Gasteiger charge is 2.46. The first-order chi connectivity index (χ1) is 7.67. The summed E-state index contributed by atoms with van der Waals surface area (Å²) in [6, 6.07) is 2.52. The van der Waals surface area contributed by atoms with Crippen molar-refractivity contribution in [2.45, 2.75) is 49.4 Å². The summed E-state index contributed by atoms with van der Waals surface area (Å²) in [6.45, 7) is 0. The fraction of sp³-hybridized carbons (Fsp3) is 0.727. The van der Waals surface area contributed by atoms with Crippen LogP contribution in [0.1, 0.15) is 36.6 Å². The summed E-state index contributed by atoms with van der Waals surface area (Å²) in [7, 11) is 0. The fourth-order valence-electron chi connectivity index (χ4n) is 3.07. The molecule has 88 valence electrons. The number of rotatable bonds is 2. The molecule has 3 unspecified atom stereocenters. The second-order valence-corrected chi connectivity index (χ2v) is 5.91. The van der Waals surface area contributed by atoms with E-state index in [1.54, 1.807) is 6.20 Å². The number of hydrogen-bond donors (Lipinski definition) is 3. The fourth-order valence-corrected chi connectivity index (χ4v) is 3.76. The molecule has 2 fully saturated rings. The molecular formula is C11H17N3OS. The van der Waals surface area contributed by atoms with E-state index in [9.17, 15) is 5.11 Å². The van der Waals surface area contributed by atoms with Gasteiger partial charge in [-0.2, -0.15) is 0 Å². The van der Waals surface area contributed by atoms with Gasteiger partial charge in [0.15, 0.2) is 0 Å². The Morgan fingerprint density at radius 2 is 2.19 bits per heavy atom. The molecule has 5 heteroatoms. The zero-order valence-electron chi connectivity index (χ0n) is 9.10. The lowest BCUT2D eigenvalue weighted by molar-refractivity contribution is -0.0289. The number of nitrogens with two attached hydrogens (primary N) is 1. The third-order valence-corrected chi connectivity index (χ3v) is 4.71. The van der Waals surface area contributed by atoms with E-state index >= 15 is 0 Å². The Balaban J connectivity index is 1.82. The van der Waals surface area contributed by atoms with Crippen molar-refractivity contribution >= 4 is 11.5 Å². The molecule has 4 N–H and O–H groups in total. The zero-order valence-corrected chi connectivity index (χ0v) is 9.91. The Hall–Kier alpha value is -0.490. The molecule has 0 radical (unpaired) electrons. The van der Waals surface area contributed by atoms with Gasteiger partial charge in [-0.1, -0.05) is 0 Å². The molecule has 1 aromatic heterocycles. The molecule has 3 heterocycles. The van der Waals surface area contributed by atoms with Gasteiger partial charge in [0.1, 0.15) is 0 Å². The van der Waals surface area contributed by atoms with Gasteiger partial charge >= 0.3 is 0 Å². The number of fused-ring (bicyclic) bond motifs is 2. The molecule has 2 bridgehead atoms. The summed E-state index contributed by atoms with van der Waals surface area (Å²) in [5.41, 5.74) is 5.45. The van der Waals surface area contributed by atoms with Crippen LogP contribution in [0.3, 0.4) is 0 Å². The summed E-state index contributed by atoms with van der Waals surface area (Å²) in [5, 5.41) is 14.2. The molecule has 16 heavy (non-hydrogen) atoms. The van der Waals surface area contributed by atoms with Crippen LogP contribution in [0, 0.1) is 0 Å². The maximum Gasteiger partial charge on any atom is 0.0877 e. The summed E-state index contributed by atoms with van der Waals surface area (Å²) in [5.74, 6) is 0. The molecule has 0 aromatic carbocycles. The van der Waals surface area contributed by atoms with E-state index in [1.165, 1.54) is 24.4 Å². The predicted molar refractivity (Wildman–Crippen MR) is 63.2 cm³/mol. The molecule has 3 rings (SSSR count). The Labute approximate surface area is 99.0 Å². The highest BCUT2D eigenvalue weighted by Crippen LogP contribution is 2.40. The lowest BCUT2D eigenvalue weighted by Crippen LogP contribution is -2.53. The number of hydrogen-bond acceptors (Lipinski definition) is 5. The minimum Gasteiger partial charge on any atom is -0.388 e. The Morgan fingerprint density at radius 3 is 2.75 bits per heavy atom. The van der Waals surface area contributed by atoms with Crippen molar-refractivity contribution in [2.75, 3.05) is 0 Å². The third kappa shape index (κ3) is 1.68. The van der Waals surface area contributed by atoms with Crippen molar-refractivity contribution < 1.29 is 5.11 Å². The third-order valence-electron chi connectivity index (χ3n) is 3.88. The first kappa shape index (κ1) is 10.7. The minimum atomic E-state index is -0.746. The standard InChI is InChI=1S/C11H17N3OS/c12-10(9-3-4-13-16-9)11(15)5-7-1-2-8(6-11)14-7/h3-4,7-8,10,14-15H,1-2,5-6,12H2. The largest absolute Gasteiger partial charge is 0.388 e. The van der Waals surface area contributed by atoms with E-state index in [4.69, 9.17) is 5.73 Å². The highest BCUT2D eigenvalue weighted by atomic mass is 32.1. The van der Waals surface area contributed by atoms with Crippen LogP contribution in [-0.2, 0) is 0 Å². The maximum atomic E-state index is 10.7. The summed E-state index contributed by atoms with van der Waals surface area (Å²) in [4.78, 5) is 0.990. The van der Waals surface area contributed by atoms with Gasteiger partial charge in [-0.25, -0.2) is 4.37 Å². The van der Waals surface area contributed by atoms with Crippen LogP contribution in [0.15, 0.2) is 12.3 Å². The van der Waals surface area contributed by atoms with E-state index in [0.717, 1.165) is 17.7 Å². The average molecular weight is 239 g/mol. The van der Waals surface area contributed by atoms with Crippen LogP contribution < -0.4 is 11.1 Å². The van der Waals surface area contributed by atoms with Crippen molar-refractivity contribution in [3.05, 3.63) is 17.1 Å². The maximum absolute atomic E-state index is 10.7. The van der Waals surface area contributed by atoms with Crippen LogP contribution in [-0.4, -0.2) is 27.2 Å². The highest BCUT2D eigenvalue weighted by molar-refractivity contribution is 7.05. The van der Waals surface area contributed by atoms with Crippen LogP contribution >= 0.6 is 11.5 Å². The molecule has 3 atom stereocenters. The molecule has 4 nitrogen and oxygen atoms in total. The lowest BCUT2D eigenvalue weighted by Gasteiger charge is -2.40. The van der Waals surface area contributed by atoms with Gasteiger partial charge in [-0.05, 0) is 43.3 Å². The Kier molecular flexibility index (Phi) is 2.51. The molecule has 2 aliphatic rings. The number of piperidine rings is 1. The van der Waals surface area contributed by atoms with Crippen LogP contribution in [0.4, 0.5) is 0 Å². The van der Waals surface area contributed by atoms with Crippen LogP contribution in [0.25, 0.3) is 0 Å². The van der Waals surface area contributed by atoms with E-state index < -0.39 is 5.60 Å². The average Bonchev–Trinajstić information content (AvgIpc) is 2.87. The van der Waals surface area contributed by atoms with Crippen LogP contribution in [0.2, 0.25) is 0 Å². The number of aliphatic hydroxyl groups is 1. The SMILES string of the molecule is NC(c1ccns1)C1(O)CC2CCC(C1)N2. The molecular weight excluding hydrogens is 222 g/mol. The molecule has 0 saturated carbocycles. The Bertz CT molecular complexity index is 355. The number of nitrogens with one attached hydrogen (secondary N) is 1. The van der Waals surface area contributed by atoms with Crippen molar-refractivity contribution in [3.63, 3.8) is 0 Å². The second kappa shape index (κ2) is 3.77. The first-order valence-electron chi connectivity index (χ1n) is 5.82. The van der Waals surface area contributed by atoms with E-state index in [0.29, 0.717) is 12.1 Å². The summed E-state index contributed by atoms with van der Waals surface area (Å²) >= 11 is 1.39. The van der Waals surface area contributed by atoms with E-state index in [1.807, 2.05) is 6.07 Å². The lowest BCUT2D eigenvalue weighted by atomic mass is 9.81. The van der Waals surface area contributed by atoms with Gasteiger partial charge in [0, 0.05) is 23.2 Å². The van der Waals surface area contributed by atoms with Crippen molar-refractivity contribution in [1.29, 1.82) is 0 Å². The van der Waals surface area contributed by atoms with Gasteiger partial charge < -0.3 is 16.2 Å². The van der Waals surface area contributed by atoms with Gasteiger partial charge in [-0.15, -0.1) is 0 Å². The van der Waals surface area contributed by atoms with Gasteiger partial charge in [-0.3, -0.25) is 0 Å². The second-order valence-electron chi connectivity index (χ2n) is 5.04. The summed E-state index contributed by atoms with van der Waals surface area (Å²) < 4.78 is 4.06. The molecule has 0 aliphatic carbocycles. The normalized spacial score (nSPS) is 39.9. The molecule has 1 aromatic rings. The van der Waals surface area contributed by atoms with Gasteiger partial charge in [0.05, 0.1) is 11.6 Å². The number of aromatic nitrogens is 1. The first-order valence-corrected chi connectivity index (χ1v) is 6.59. The van der Waals surface area contributed by atoms with Gasteiger partial charge in [0.25, 0.3) is 0 Å². The van der Waals surface area contributed by atoms with Crippen molar-refractivity contribution in [2.24, 2.45) is 5.73 Å². The minimum absolute atomic E-state index is 0.287. The zero-order chi connectivity index (χ0) is 11.2. The van der Waals surface area contributed by atoms with E-state index in [-0.39, 0.29) is 6.04 Å². The molecule has 0 spiro atoms. The smallest absolute Gasteiger partial charge is 0.0877 e. The summed E-state index contributed by atoms with van der Waals surface area (Å²) in [6.07, 6.45) is 5.62. The monoisotopic (exact) mass is 239 g/mol. The van der Waals surface area contributed by atoms with Gasteiger partial charge in [0.2, 0.25) is 0 Å². The molecule has 0 amide bonds. The molecule has 2 saturated heterocycles. The Morgan fingerprint density at radius 1 is 1.50 bits per heavy atom. The molecule has 2 aliphatic heterocycles. The van der Waals surface area contributed by atoms with Crippen molar-refractivity contribution in [1.82, 2.24) is 9.69 Å². The topological polar surface area (TPSA) is 71.2 Å². The quantitative estimate of drug-likeness (QED) is 0.713. The number of nitrogens with zero attached hydrogens (tertiary/aromatic N) is 1. The van der Waals surface area contributed by atoms with Crippen LogP contribution in [0.5, 0.6) is 0 Å².